The van der Waals surface area contributed by atoms with Crippen molar-refractivity contribution in [2.45, 2.75) is 37.5 Å². The van der Waals surface area contributed by atoms with E-state index in [4.69, 9.17) is 14.6 Å². The van der Waals surface area contributed by atoms with Crippen molar-refractivity contribution >= 4 is 12.0 Å². The number of aliphatic carboxylic acids is 1. The summed E-state index contributed by atoms with van der Waals surface area (Å²) in [6.45, 7) is 0.912. The maximum absolute atomic E-state index is 12.6. The average Bonchev–Trinajstić information content (AvgIpc) is 3.04. The van der Waals surface area contributed by atoms with Crippen LogP contribution in [0.2, 0.25) is 0 Å². The molecule has 1 fully saturated rings. The van der Waals surface area contributed by atoms with E-state index in [9.17, 15) is 9.59 Å². The van der Waals surface area contributed by atoms with Gasteiger partial charge in [-0.3, -0.25) is 4.79 Å². The van der Waals surface area contributed by atoms with Crippen LogP contribution in [0.5, 0.6) is 0 Å². The second-order valence-corrected chi connectivity index (χ2v) is 6.22. The maximum atomic E-state index is 12.6. The molecule has 138 valence electrons. The van der Waals surface area contributed by atoms with Crippen molar-refractivity contribution in [3.8, 4) is 0 Å². The van der Waals surface area contributed by atoms with Gasteiger partial charge < -0.3 is 24.8 Å². The van der Waals surface area contributed by atoms with Crippen molar-refractivity contribution in [2.24, 2.45) is 0 Å². The highest BCUT2D eigenvalue weighted by molar-refractivity contribution is 5.75. The molecule has 1 aromatic rings. The fourth-order valence-electron chi connectivity index (χ4n) is 3.05. The fraction of sp³-hybridized carbons (Fsp3) is 0.556. The predicted octanol–water partition coefficient (Wildman–Crippen LogP) is 1.52. The zero-order valence-electron chi connectivity index (χ0n) is 14.7. The molecule has 1 heterocycles. The second-order valence-electron chi connectivity index (χ2n) is 6.22. The molecule has 7 nitrogen and oxygen atoms in total. The van der Waals surface area contributed by atoms with Crippen LogP contribution in [-0.4, -0.2) is 67.6 Å². The van der Waals surface area contributed by atoms with Gasteiger partial charge in [-0.2, -0.15) is 0 Å². The number of hydrogen-bond donors (Lipinski definition) is 2. The molecule has 1 unspecified atom stereocenters. The largest absolute Gasteiger partial charge is 0.481 e. The lowest BCUT2D eigenvalue weighted by atomic mass is 10.0. The van der Waals surface area contributed by atoms with Crippen LogP contribution in [0.15, 0.2) is 30.3 Å². The summed E-state index contributed by atoms with van der Waals surface area (Å²) in [5.74, 6) is -0.868. The summed E-state index contributed by atoms with van der Waals surface area (Å²) in [7, 11) is 3.20. The number of benzene rings is 1. The first kappa shape index (κ1) is 19.2. The Balaban J connectivity index is 1.97. The Hall–Kier alpha value is -2.12. The van der Waals surface area contributed by atoms with Gasteiger partial charge in [0.15, 0.2) is 0 Å². The number of carboxylic acid groups (broad SMARTS) is 1. The first-order chi connectivity index (χ1) is 12.0. The van der Waals surface area contributed by atoms with E-state index in [2.05, 4.69) is 5.32 Å². The number of urea groups is 1. The highest BCUT2D eigenvalue weighted by Crippen LogP contribution is 2.16. The third-order valence-electron chi connectivity index (χ3n) is 4.47. The van der Waals surface area contributed by atoms with E-state index in [1.54, 1.807) is 19.1 Å². The number of nitrogens with one attached hydrogen (secondary N) is 1. The van der Waals surface area contributed by atoms with E-state index >= 15 is 0 Å². The summed E-state index contributed by atoms with van der Waals surface area (Å²) in [5, 5.41) is 11.9. The number of amides is 2. The summed E-state index contributed by atoms with van der Waals surface area (Å²) in [5.41, 5.74) is 1.06. The van der Waals surface area contributed by atoms with E-state index < -0.39 is 5.97 Å². The van der Waals surface area contributed by atoms with Gasteiger partial charge >= 0.3 is 12.0 Å². The Morgan fingerprint density at radius 3 is 2.32 bits per heavy atom. The molecule has 3 atom stereocenters. The Bertz CT molecular complexity index is 554. The lowest BCUT2D eigenvalue weighted by molar-refractivity contribution is -0.137. The van der Waals surface area contributed by atoms with Crippen molar-refractivity contribution in [3.05, 3.63) is 35.9 Å². The number of rotatable bonds is 8. The molecule has 0 saturated carbocycles. The molecule has 7 heteroatoms. The van der Waals surface area contributed by atoms with E-state index in [0.717, 1.165) is 5.56 Å². The van der Waals surface area contributed by atoms with Gasteiger partial charge in [-0.15, -0.1) is 0 Å². The number of carboxylic acids is 1. The van der Waals surface area contributed by atoms with Crippen molar-refractivity contribution < 1.29 is 24.2 Å². The summed E-state index contributed by atoms with van der Waals surface area (Å²) in [4.78, 5) is 25.1. The Labute approximate surface area is 147 Å². The fourth-order valence-corrected chi connectivity index (χ4v) is 3.05. The normalized spacial score (nSPS) is 21.1. The number of carbonyl (C=O) groups is 2. The lowest BCUT2D eigenvalue weighted by Crippen LogP contribution is -2.45. The number of carbonyl (C=O) groups excluding carboxylic acids is 1. The minimum atomic E-state index is -0.868. The van der Waals surface area contributed by atoms with Crippen LogP contribution in [0, 0.1) is 0 Å². The molecule has 0 aliphatic carbocycles. The summed E-state index contributed by atoms with van der Waals surface area (Å²) < 4.78 is 10.7. The van der Waals surface area contributed by atoms with Crippen molar-refractivity contribution in [3.63, 3.8) is 0 Å². The van der Waals surface area contributed by atoms with Gasteiger partial charge in [-0.25, -0.2) is 4.79 Å². The molecule has 0 aromatic heterocycles. The van der Waals surface area contributed by atoms with Crippen LogP contribution >= 0.6 is 0 Å². The monoisotopic (exact) mass is 350 g/mol. The zero-order valence-corrected chi connectivity index (χ0v) is 14.7. The van der Waals surface area contributed by atoms with Crippen LogP contribution in [0.3, 0.4) is 0 Å². The van der Waals surface area contributed by atoms with Gasteiger partial charge in [0.1, 0.15) is 12.2 Å². The Morgan fingerprint density at radius 2 is 1.80 bits per heavy atom. The summed E-state index contributed by atoms with van der Waals surface area (Å²) in [6, 6.07) is 9.27. The van der Waals surface area contributed by atoms with E-state index in [0.29, 0.717) is 25.9 Å². The molecular weight excluding hydrogens is 324 g/mol. The SMILES string of the molecule is CO[C@H]1CN(C(=O)NC(CCC(=O)O)Cc2ccccc2)C[C@H]1OC. The zero-order chi connectivity index (χ0) is 18.2. The quantitative estimate of drug-likeness (QED) is 0.742. The van der Waals surface area contributed by atoms with E-state index in [1.165, 1.54) is 0 Å². The van der Waals surface area contributed by atoms with Gasteiger partial charge in [-0.1, -0.05) is 30.3 Å². The first-order valence-electron chi connectivity index (χ1n) is 8.40. The molecule has 25 heavy (non-hydrogen) atoms. The molecule has 1 aromatic carbocycles. The molecule has 0 bridgehead atoms. The summed E-state index contributed by atoms with van der Waals surface area (Å²) in [6.07, 6.45) is 0.684. The van der Waals surface area contributed by atoms with E-state index in [1.807, 2.05) is 30.3 Å². The second kappa shape index (κ2) is 9.39. The lowest BCUT2D eigenvalue weighted by Gasteiger charge is -2.23. The van der Waals surface area contributed by atoms with Crippen molar-refractivity contribution in [1.29, 1.82) is 0 Å². The van der Waals surface area contributed by atoms with Crippen LogP contribution < -0.4 is 5.32 Å². The summed E-state index contributed by atoms with van der Waals surface area (Å²) >= 11 is 0. The molecule has 2 amide bonds. The van der Waals surface area contributed by atoms with Gasteiger partial charge in [0.2, 0.25) is 0 Å². The Kier molecular flexibility index (Phi) is 7.21. The van der Waals surface area contributed by atoms with Gasteiger partial charge in [0.25, 0.3) is 0 Å². The standard InChI is InChI=1S/C18H26N2O5/c1-24-15-11-20(12-16(15)25-2)18(23)19-14(8-9-17(21)22)10-13-6-4-3-5-7-13/h3-7,14-16H,8-12H2,1-2H3,(H,19,23)(H,21,22)/t14?,15-,16+. The number of nitrogens with zero attached hydrogens (tertiary/aromatic N) is 1. The van der Waals surface area contributed by atoms with Crippen LogP contribution in [0.25, 0.3) is 0 Å². The number of ether oxygens (including phenoxy) is 2. The van der Waals surface area contributed by atoms with Crippen molar-refractivity contribution in [1.82, 2.24) is 10.2 Å². The highest BCUT2D eigenvalue weighted by Gasteiger charge is 2.36. The number of methoxy groups -OCH3 is 2. The minimum absolute atomic E-state index is 0.0131. The molecular formula is C18H26N2O5. The molecule has 1 saturated heterocycles. The highest BCUT2D eigenvalue weighted by atomic mass is 16.5. The van der Waals surface area contributed by atoms with Crippen LogP contribution in [0.1, 0.15) is 18.4 Å². The van der Waals surface area contributed by atoms with Gasteiger partial charge in [0, 0.05) is 26.7 Å². The molecule has 2 rings (SSSR count). The maximum Gasteiger partial charge on any atom is 0.317 e. The van der Waals surface area contributed by atoms with E-state index in [-0.39, 0.29) is 30.7 Å². The third kappa shape index (κ3) is 5.72. The van der Waals surface area contributed by atoms with Crippen molar-refractivity contribution in [2.75, 3.05) is 27.3 Å². The van der Waals surface area contributed by atoms with Gasteiger partial charge in [-0.05, 0) is 18.4 Å². The third-order valence-corrected chi connectivity index (χ3v) is 4.47. The molecule has 1 aliphatic rings. The molecule has 2 N–H and O–H groups in total. The van der Waals surface area contributed by atoms with Crippen LogP contribution in [-0.2, 0) is 20.7 Å². The van der Waals surface area contributed by atoms with Crippen LogP contribution in [0.4, 0.5) is 4.79 Å². The molecule has 1 aliphatic heterocycles. The topological polar surface area (TPSA) is 88.1 Å². The molecule has 0 spiro atoms. The smallest absolute Gasteiger partial charge is 0.317 e. The Morgan fingerprint density at radius 1 is 1.20 bits per heavy atom. The predicted molar refractivity (Wildman–Crippen MR) is 92.5 cm³/mol. The molecule has 0 radical (unpaired) electrons. The number of hydrogen-bond acceptors (Lipinski definition) is 4. The first-order valence-corrected chi connectivity index (χ1v) is 8.40. The minimum Gasteiger partial charge on any atom is -0.481 e. The average molecular weight is 350 g/mol. The number of likely N-dealkylation sites (tertiary alicyclic amines) is 1. The van der Waals surface area contributed by atoms with Gasteiger partial charge in [0.05, 0.1) is 13.1 Å².